The van der Waals surface area contributed by atoms with Gasteiger partial charge in [-0.1, -0.05) is 30.3 Å². The molecule has 0 unspecified atom stereocenters. The molecule has 2 heterocycles. The summed E-state index contributed by atoms with van der Waals surface area (Å²) in [5.74, 6) is 0.731. The second-order valence-corrected chi connectivity index (χ2v) is 9.05. The van der Waals surface area contributed by atoms with E-state index in [4.69, 9.17) is 9.15 Å². The van der Waals surface area contributed by atoms with Crippen molar-refractivity contribution in [3.05, 3.63) is 66.6 Å². The van der Waals surface area contributed by atoms with Gasteiger partial charge in [-0.2, -0.15) is 4.31 Å². The van der Waals surface area contributed by atoms with Gasteiger partial charge in [0.2, 0.25) is 22.3 Å². The zero-order valence-electron chi connectivity index (χ0n) is 16.8. The van der Waals surface area contributed by atoms with Gasteiger partial charge < -0.3 is 14.1 Å². The average Bonchev–Trinajstić information content (AvgIpc) is 3.33. The number of sulfonamides is 1. The zero-order valence-corrected chi connectivity index (χ0v) is 17.6. The van der Waals surface area contributed by atoms with E-state index in [0.29, 0.717) is 24.7 Å². The lowest BCUT2D eigenvalue weighted by atomic mass is 10.2. The van der Waals surface area contributed by atoms with Gasteiger partial charge in [-0.25, -0.2) is 8.42 Å². The van der Waals surface area contributed by atoms with Gasteiger partial charge in [0, 0.05) is 31.7 Å². The van der Waals surface area contributed by atoms with Crippen molar-refractivity contribution >= 4 is 15.9 Å². The zero-order chi connectivity index (χ0) is 21.7. The second-order valence-electron chi connectivity index (χ2n) is 7.08. The molecular formula is C21H22N4O5S. The molecule has 0 radical (unpaired) electrons. The van der Waals surface area contributed by atoms with Crippen LogP contribution < -0.4 is 4.74 Å². The molecule has 0 spiro atoms. The molecule has 0 aliphatic carbocycles. The Balaban J connectivity index is 1.25. The maximum absolute atomic E-state index is 12.6. The number of hydrogen-bond acceptors (Lipinski definition) is 7. The number of amides is 1. The van der Waals surface area contributed by atoms with E-state index in [2.05, 4.69) is 10.2 Å². The molecule has 9 nitrogen and oxygen atoms in total. The molecule has 0 atom stereocenters. The van der Waals surface area contributed by atoms with Gasteiger partial charge in [0.25, 0.3) is 5.91 Å². The minimum Gasteiger partial charge on any atom is -0.484 e. The quantitative estimate of drug-likeness (QED) is 0.549. The van der Waals surface area contributed by atoms with Crippen molar-refractivity contribution < 1.29 is 22.4 Å². The molecule has 1 aliphatic rings. The molecule has 1 aromatic heterocycles. The molecule has 1 fully saturated rings. The lowest BCUT2D eigenvalue weighted by molar-refractivity contribution is -0.134. The monoisotopic (exact) mass is 442 g/mol. The van der Waals surface area contributed by atoms with Gasteiger partial charge >= 0.3 is 0 Å². The number of carbonyl (C=O) groups is 1. The first-order valence-electron chi connectivity index (χ1n) is 9.80. The summed E-state index contributed by atoms with van der Waals surface area (Å²) < 4.78 is 37.4. The molecule has 2 aromatic carbocycles. The summed E-state index contributed by atoms with van der Waals surface area (Å²) in [6.45, 7) is 1.12. The molecule has 1 amide bonds. The Kier molecular flexibility index (Phi) is 6.28. The maximum Gasteiger partial charge on any atom is 0.260 e. The number of ether oxygens (including phenoxy) is 1. The van der Waals surface area contributed by atoms with Gasteiger partial charge in [0.05, 0.1) is 5.75 Å². The van der Waals surface area contributed by atoms with Crippen LogP contribution in [0.5, 0.6) is 5.75 Å². The number of benzene rings is 2. The van der Waals surface area contributed by atoms with Crippen LogP contribution >= 0.6 is 0 Å². The molecule has 0 N–H and O–H groups in total. The summed E-state index contributed by atoms with van der Waals surface area (Å²) in [7, 11) is -3.42. The number of hydrogen-bond donors (Lipinski definition) is 0. The van der Waals surface area contributed by atoms with Gasteiger partial charge in [-0.05, 0) is 29.8 Å². The highest BCUT2D eigenvalue weighted by molar-refractivity contribution is 7.88. The summed E-state index contributed by atoms with van der Waals surface area (Å²) in [4.78, 5) is 14.1. The van der Waals surface area contributed by atoms with E-state index >= 15 is 0 Å². The van der Waals surface area contributed by atoms with Gasteiger partial charge in [0.15, 0.2) is 6.61 Å². The average molecular weight is 442 g/mol. The summed E-state index contributed by atoms with van der Waals surface area (Å²) in [5, 5.41) is 7.47. The lowest BCUT2D eigenvalue weighted by Crippen LogP contribution is -2.51. The van der Waals surface area contributed by atoms with Crippen LogP contribution in [0.4, 0.5) is 0 Å². The lowest BCUT2D eigenvalue weighted by Gasteiger charge is -2.34. The van der Waals surface area contributed by atoms with Gasteiger partial charge in [0.1, 0.15) is 5.75 Å². The van der Waals surface area contributed by atoms with Gasteiger partial charge in [-0.15, -0.1) is 10.2 Å². The van der Waals surface area contributed by atoms with Crippen LogP contribution in [0.25, 0.3) is 11.5 Å². The molecule has 0 saturated carbocycles. The van der Waals surface area contributed by atoms with Crippen molar-refractivity contribution in [3.8, 4) is 17.2 Å². The fourth-order valence-electron chi connectivity index (χ4n) is 3.32. The van der Waals surface area contributed by atoms with Crippen LogP contribution in [-0.2, 0) is 20.6 Å². The minimum absolute atomic E-state index is 0.0372. The third-order valence-corrected chi connectivity index (χ3v) is 6.85. The molecule has 4 rings (SSSR count). The number of piperazine rings is 1. The Morgan fingerprint density at radius 1 is 1.00 bits per heavy atom. The summed E-state index contributed by atoms with van der Waals surface area (Å²) in [6.07, 6.45) is 1.26. The Morgan fingerprint density at radius 3 is 2.35 bits per heavy atom. The second kappa shape index (κ2) is 9.27. The van der Waals surface area contributed by atoms with Crippen molar-refractivity contribution in [2.45, 2.75) is 5.75 Å². The van der Waals surface area contributed by atoms with Crippen LogP contribution in [0, 0.1) is 0 Å². The molecule has 162 valence electrons. The maximum atomic E-state index is 12.6. The smallest absolute Gasteiger partial charge is 0.260 e. The van der Waals surface area contributed by atoms with E-state index in [-0.39, 0.29) is 31.4 Å². The molecular weight excluding hydrogens is 420 g/mol. The summed E-state index contributed by atoms with van der Waals surface area (Å²) >= 11 is 0. The minimum atomic E-state index is -3.42. The van der Waals surface area contributed by atoms with E-state index in [1.54, 1.807) is 41.3 Å². The predicted molar refractivity (Wildman–Crippen MR) is 112 cm³/mol. The van der Waals surface area contributed by atoms with E-state index in [9.17, 15) is 13.2 Å². The molecule has 0 bridgehead atoms. The normalized spacial score (nSPS) is 15.0. The number of nitrogens with zero attached hydrogens (tertiary/aromatic N) is 4. The highest BCUT2D eigenvalue weighted by atomic mass is 32.2. The molecule has 1 saturated heterocycles. The van der Waals surface area contributed by atoms with Crippen molar-refractivity contribution in [2.24, 2.45) is 0 Å². The fourth-order valence-corrected chi connectivity index (χ4v) is 4.84. The van der Waals surface area contributed by atoms with Crippen LogP contribution in [0.1, 0.15) is 5.56 Å². The first-order valence-corrected chi connectivity index (χ1v) is 11.4. The van der Waals surface area contributed by atoms with Crippen molar-refractivity contribution in [1.29, 1.82) is 0 Å². The highest BCUT2D eigenvalue weighted by Crippen LogP contribution is 2.20. The Bertz CT molecular complexity index is 1090. The number of rotatable bonds is 7. The fraction of sp³-hybridized carbons (Fsp3) is 0.286. The standard InChI is InChI=1S/C21H22N4O5S/c26-20(14-29-19-8-6-18(7-9-19)21-23-22-16-30-21)24-10-12-25(13-11-24)31(27,28)15-17-4-2-1-3-5-17/h1-9,16H,10-15H2. The topological polar surface area (TPSA) is 106 Å². The highest BCUT2D eigenvalue weighted by Gasteiger charge is 2.29. The molecule has 1 aliphatic heterocycles. The van der Waals surface area contributed by atoms with Crippen molar-refractivity contribution in [3.63, 3.8) is 0 Å². The largest absolute Gasteiger partial charge is 0.484 e. The number of aromatic nitrogens is 2. The van der Waals surface area contributed by atoms with Gasteiger partial charge in [-0.3, -0.25) is 4.79 Å². The Labute approximate surface area is 180 Å². The molecule has 31 heavy (non-hydrogen) atoms. The van der Waals surface area contributed by atoms with E-state index in [1.807, 2.05) is 18.2 Å². The van der Waals surface area contributed by atoms with Crippen LogP contribution in [0.15, 0.2) is 65.4 Å². The van der Waals surface area contributed by atoms with Crippen molar-refractivity contribution in [1.82, 2.24) is 19.4 Å². The third kappa shape index (κ3) is 5.28. The summed E-state index contributed by atoms with van der Waals surface area (Å²) in [5.41, 5.74) is 1.50. The van der Waals surface area contributed by atoms with Crippen LogP contribution in [0.2, 0.25) is 0 Å². The molecule has 10 heteroatoms. The Morgan fingerprint density at radius 2 is 1.71 bits per heavy atom. The van der Waals surface area contributed by atoms with Crippen LogP contribution in [0.3, 0.4) is 0 Å². The summed E-state index contributed by atoms with van der Waals surface area (Å²) in [6, 6.07) is 16.1. The van der Waals surface area contributed by atoms with E-state index < -0.39 is 10.0 Å². The van der Waals surface area contributed by atoms with E-state index in [1.165, 1.54) is 10.7 Å². The van der Waals surface area contributed by atoms with Crippen molar-refractivity contribution in [2.75, 3.05) is 32.8 Å². The number of carbonyl (C=O) groups excluding carboxylic acids is 1. The first kappa shape index (κ1) is 21.0. The van der Waals surface area contributed by atoms with E-state index in [0.717, 1.165) is 11.1 Å². The third-order valence-electron chi connectivity index (χ3n) is 5.00. The SMILES string of the molecule is O=C(COc1ccc(-c2nnco2)cc1)N1CCN(S(=O)(=O)Cc2ccccc2)CC1. The Hall–Kier alpha value is -3.24. The first-order chi connectivity index (χ1) is 15.0. The molecule has 3 aromatic rings. The van der Waals surface area contributed by atoms with Crippen LogP contribution in [-0.4, -0.2) is 66.5 Å². The predicted octanol–water partition coefficient (Wildman–Crippen LogP) is 1.79.